The molecule has 2 aromatic rings. The molecule has 0 saturated carbocycles. The smallest absolute Gasteiger partial charge is 0.391 e. The molecule has 0 fully saturated rings. The molecule has 1 amide bonds. The summed E-state index contributed by atoms with van der Waals surface area (Å²) in [7, 11) is 0. The van der Waals surface area contributed by atoms with Gasteiger partial charge in [-0.25, -0.2) is 14.3 Å². The number of hydrogen-bond acceptors (Lipinski definition) is 4. The zero-order valence-electron chi connectivity index (χ0n) is 12.2. The Kier molecular flexibility index (Phi) is 4.26. The second-order valence-corrected chi connectivity index (χ2v) is 5.00. The highest BCUT2D eigenvalue weighted by Crippen LogP contribution is 2.22. The molecular formula is C13H13F3N4O3. The molecule has 0 aliphatic rings. The van der Waals surface area contributed by atoms with Crippen LogP contribution in [-0.4, -0.2) is 43.8 Å². The van der Waals surface area contributed by atoms with Crippen molar-refractivity contribution in [3.63, 3.8) is 0 Å². The van der Waals surface area contributed by atoms with Crippen molar-refractivity contribution in [2.75, 3.05) is 0 Å². The highest BCUT2D eigenvalue weighted by atomic mass is 19.4. The van der Waals surface area contributed by atoms with Crippen LogP contribution in [0.3, 0.4) is 0 Å². The van der Waals surface area contributed by atoms with Gasteiger partial charge < -0.3 is 10.4 Å². The number of carboxylic acids is 1. The monoisotopic (exact) mass is 330 g/mol. The Labute approximate surface area is 128 Å². The maximum atomic E-state index is 12.4. The molecule has 2 N–H and O–H groups in total. The number of aryl methyl sites for hydroxylation is 2. The molecule has 0 aromatic carbocycles. The lowest BCUT2D eigenvalue weighted by atomic mass is 10.1. The van der Waals surface area contributed by atoms with Crippen LogP contribution in [-0.2, 0) is 4.79 Å². The fraction of sp³-hybridized carbons (Fsp3) is 0.385. The van der Waals surface area contributed by atoms with E-state index < -0.39 is 30.5 Å². The Morgan fingerprint density at radius 2 is 2.04 bits per heavy atom. The quantitative estimate of drug-likeness (QED) is 0.885. The number of carboxylic acid groups (broad SMARTS) is 1. The molecular weight excluding hydrogens is 317 g/mol. The lowest BCUT2D eigenvalue weighted by Gasteiger charge is -2.17. The molecule has 23 heavy (non-hydrogen) atoms. The third-order valence-corrected chi connectivity index (χ3v) is 3.13. The molecule has 1 atom stereocenters. The van der Waals surface area contributed by atoms with E-state index in [4.69, 9.17) is 5.11 Å². The lowest BCUT2D eigenvalue weighted by molar-refractivity contribution is -0.157. The van der Waals surface area contributed by atoms with Crippen molar-refractivity contribution in [1.29, 1.82) is 0 Å². The van der Waals surface area contributed by atoms with Gasteiger partial charge in [0.2, 0.25) is 0 Å². The number of nitrogens with one attached hydrogen (secondary N) is 1. The van der Waals surface area contributed by atoms with Crippen molar-refractivity contribution in [2.45, 2.75) is 32.5 Å². The normalized spacial score (nSPS) is 13.1. The molecule has 10 heteroatoms. The van der Waals surface area contributed by atoms with Crippen molar-refractivity contribution >= 4 is 17.5 Å². The standard InChI is InChI=1S/C13H13F3N4O3/c1-6-3-10-17-5-8(7(2)20(10)19-6)11(21)18-9(12(22)23)4-13(14,15)16/h3,5,9H,4H2,1-2H3,(H,18,21)(H,22,23). The zero-order chi connectivity index (χ0) is 17.4. The summed E-state index contributed by atoms with van der Waals surface area (Å²) in [6.07, 6.45) is -5.20. The van der Waals surface area contributed by atoms with Crippen LogP contribution in [0.2, 0.25) is 0 Å². The summed E-state index contributed by atoms with van der Waals surface area (Å²) < 4.78 is 38.5. The molecule has 0 bridgehead atoms. The maximum Gasteiger partial charge on any atom is 0.391 e. The summed E-state index contributed by atoms with van der Waals surface area (Å²) in [6.45, 7) is 3.26. The number of aliphatic carboxylic acids is 1. The average Bonchev–Trinajstić information content (AvgIpc) is 2.78. The Morgan fingerprint density at radius 1 is 1.39 bits per heavy atom. The van der Waals surface area contributed by atoms with Crippen LogP contribution < -0.4 is 5.32 Å². The van der Waals surface area contributed by atoms with Gasteiger partial charge in [0, 0.05) is 12.3 Å². The van der Waals surface area contributed by atoms with E-state index >= 15 is 0 Å². The number of halogens is 3. The molecule has 1 unspecified atom stereocenters. The van der Waals surface area contributed by atoms with E-state index in [1.807, 2.05) is 5.32 Å². The minimum atomic E-state index is -4.72. The molecule has 0 aliphatic carbocycles. The largest absolute Gasteiger partial charge is 0.480 e. The van der Waals surface area contributed by atoms with Gasteiger partial charge in [0.25, 0.3) is 5.91 Å². The second kappa shape index (κ2) is 5.86. The number of fused-ring (bicyclic) bond motifs is 1. The molecule has 2 aromatic heterocycles. The van der Waals surface area contributed by atoms with Gasteiger partial charge in [-0.15, -0.1) is 0 Å². The summed E-state index contributed by atoms with van der Waals surface area (Å²) in [5.41, 5.74) is 1.42. The minimum Gasteiger partial charge on any atom is -0.480 e. The molecule has 2 rings (SSSR count). The first kappa shape index (κ1) is 16.7. The highest BCUT2D eigenvalue weighted by Gasteiger charge is 2.36. The van der Waals surface area contributed by atoms with Crippen molar-refractivity contribution in [3.05, 3.63) is 29.2 Å². The third-order valence-electron chi connectivity index (χ3n) is 3.13. The van der Waals surface area contributed by atoms with Gasteiger partial charge in [0.05, 0.1) is 23.4 Å². The molecule has 7 nitrogen and oxygen atoms in total. The Morgan fingerprint density at radius 3 is 2.61 bits per heavy atom. The Balaban J connectivity index is 2.29. The van der Waals surface area contributed by atoms with Crippen LogP contribution in [0.5, 0.6) is 0 Å². The fourth-order valence-electron chi connectivity index (χ4n) is 2.05. The van der Waals surface area contributed by atoms with Gasteiger partial charge in [-0.3, -0.25) is 4.79 Å². The average molecular weight is 330 g/mol. The van der Waals surface area contributed by atoms with E-state index in [-0.39, 0.29) is 5.56 Å². The molecule has 0 saturated heterocycles. The first-order chi connectivity index (χ1) is 10.6. The predicted octanol–water partition coefficient (Wildman–Crippen LogP) is 1.48. The number of aromatic nitrogens is 3. The van der Waals surface area contributed by atoms with Crippen LogP contribution in [0.15, 0.2) is 12.3 Å². The number of nitrogens with zero attached hydrogens (tertiary/aromatic N) is 3. The van der Waals surface area contributed by atoms with Crippen LogP contribution in [0.1, 0.15) is 28.2 Å². The zero-order valence-corrected chi connectivity index (χ0v) is 12.2. The van der Waals surface area contributed by atoms with E-state index in [0.29, 0.717) is 17.0 Å². The molecule has 0 radical (unpaired) electrons. The van der Waals surface area contributed by atoms with Crippen molar-refractivity contribution in [3.8, 4) is 0 Å². The number of carbonyl (C=O) groups is 2. The van der Waals surface area contributed by atoms with Gasteiger partial charge in [-0.1, -0.05) is 0 Å². The number of rotatable bonds is 4. The summed E-state index contributed by atoms with van der Waals surface area (Å²) in [4.78, 5) is 27.0. The van der Waals surface area contributed by atoms with Gasteiger partial charge in [-0.05, 0) is 13.8 Å². The number of amides is 1. The van der Waals surface area contributed by atoms with Crippen molar-refractivity contribution in [2.24, 2.45) is 0 Å². The number of alkyl halides is 3. The fourth-order valence-corrected chi connectivity index (χ4v) is 2.05. The highest BCUT2D eigenvalue weighted by molar-refractivity contribution is 5.97. The van der Waals surface area contributed by atoms with Crippen LogP contribution in [0.4, 0.5) is 13.2 Å². The van der Waals surface area contributed by atoms with Gasteiger partial charge >= 0.3 is 12.1 Å². The van der Waals surface area contributed by atoms with Gasteiger partial charge in [0.15, 0.2) is 5.65 Å². The molecule has 124 valence electrons. The topological polar surface area (TPSA) is 96.6 Å². The van der Waals surface area contributed by atoms with Crippen LogP contribution in [0, 0.1) is 13.8 Å². The molecule has 2 heterocycles. The third kappa shape index (κ3) is 3.76. The minimum absolute atomic E-state index is 0.0472. The summed E-state index contributed by atoms with van der Waals surface area (Å²) >= 11 is 0. The van der Waals surface area contributed by atoms with E-state index in [0.717, 1.165) is 0 Å². The number of carbonyl (C=O) groups excluding carboxylic acids is 1. The van der Waals surface area contributed by atoms with E-state index in [1.54, 1.807) is 13.0 Å². The lowest BCUT2D eigenvalue weighted by Crippen LogP contribution is -2.44. The Bertz CT molecular complexity index is 770. The van der Waals surface area contributed by atoms with E-state index in [1.165, 1.54) is 17.6 Å². The SMILES string of the molecule is Cc1cc2ncc(C(=O)NC(CC(F)(F)F)C(=O)O)c(C)n2n1. The maximum absolute atomic E-state index is 12.4. The van der Waals surface area contributed by atoms with Crippen LogP contribution in [0.25, 0.3) is 5.65 Å². The van der Waals surface area contributed by atoms with Gasteiger partial charge in [-0.2, -0.15) is 18.3 Å². The summed E-state index contributed by atoms with van der Waals surface area (Å²) in [6, 6.07) is -0.407. The second-order valence-electron chi connectivity index (χ2n) is 5.00. The first-order valence-corrected chi connectivity index (χ1v) is 6.51. The van der Waals surface area contributed by atoms with Crippen LogP contribution >= 0.6 is 0 Å². The molecule has 0 aliphatic heterocycles. The summed E-state index contributed by atoms with van der Waals surface area (Å²) in [5, 5.41) is 14.8. The van der Waals surface area contributed by atoms with E-state index in [2.05, 4.69) is 10.1 Å². The predicted molar refractivity (Wildman–Crippen MR) is 72.0 cm³/mol. The number of hydrogen-bond donors (Lipinski definition) is 2. The first-order valence-electron chi connectivity index (χ1n) is 6.51. The van der Waals surface area contributed by atoms with Gasteiger partial charge in [0.1, 0.15) is 6.04 Å². The van der Waals surface area contributed by atoms with Crippen molar-refractivity contribution in [1.82, 2.24) is 19.9 Å². The van der Waals surface area contributed by atoms with Crippen molar-refractivity contribution < 1.29 is 27.9 Å². The van der Waals surface area contributed by atoms with E-state index in [9.17, 15) is 22.8 Å². The Hall–Kier alpha value is -2.65. The molecule has 0 spiro atoms. The summed E-state index contributed by atoms with van der Waals surface area (Å²) in [5.74, 6) is -2.72.